The maximum atomic E-state index is 14.3. The molecule has 1 atom stereocenters. The molecule has 3 aromatic rings. The number of halogens is 1. The van der Waals surface area contributed by atoms with Gasteiger partial charge in [0.2, 0.25) is 17.0 Å². The molecule has 0 radical (unpaired) electrons. The molecule has 4 rings (SSSR count). The summed E-state index contributed by atoms with van der Waals surface area (Å²) in [5.74, 6) is -1.31. The highest BCUT2D eigenvalue weighted by Crippen LogP contribution is 2.44. The van der Waals surface area contributed by atoms with Gasteiger partial charge in [0, 0.05) is 25.6 Å². The van der Waals surface area contributed by atoms with Gasteiger partial charge in [-0.05, 0) is 61.8 Å². The summed E-state index contributed by atoms with van der Waals surface area (Å²) in [6, 6.07) is 6.45. The van der Waals surface area contributed by atoms with E-state index in [9.17, 15) is 22.7 Å². The lowest BCUT2D eigenvalue weighted by Crippen LogP contribution is -2.27. The van der Waals surface area contributed by atoms with Crippen molar-refractivity contribution >= 4 is 34.2 Å². The highest BCUT2D eigenvalue weighted by Gasteiger charge is 2.31. The normalized spacial score (nSPS) is 14.4. The van der Waals surface area contributed by atoms with Crippen LogP contribution < -0.4 is 5.32 Å². The quantitative estimate of drug-likeness (QED) is 0.254. The van der Waals surface area contributed by atoms with E-state index in [0.717, 1.165) is 18.4 Å². The minimum atomic E-state index is -2.29. The number of hydrogen-bond acceptors (Lipinski definition) is 5. The summed E-state index contributed by atoms with van der Waals surface area (Å²) in [5, 5.41) is 11.9. The number of aromatic nitrogens is 1. The Balaban J connectivity index is 1.76. The van der Waals surface area contributed by atoms with Crippen molar-refractivity contribution in [2.45, 2.75) is 51.5 Å². The van der Waals surface area contributed by atoms with Crippen molar-refractivity contribution in [2.75, 3.05) is 13.6 Å². The molecule has 1 saturated carbocycles. The second-order valence-electron chi connectivity index (χ2n) is 8.95. The third-order valence-electron chi connectivity index (χ3n) is 6.30. The second kappa shape index (κ2) is 10.9. The summed E-state index contributed by atoms with van der Waals surface area (Å²) in [6.45, 7) is 1.92. The number of amides is 1. The van der Waals surface area contributed by atoms with Crippen molar-refractivity contribution in [1.29, 1.82) is 0 Å². The van der Waals surface area contributed by atoms with E-state index in [4.69, 9.17) is 9.52 Å². The van der Waals surface area contributed by atoms with Gasteiger partial charge in [-0.25, -0.2) is 13.6 Å². The van der Waals surface area contributed by atoms with Gasteiger partial charge in [-0.3, -0.25) is 14.1 Å². The van der Waals surface area contributed by atoms with Crippen LogP contribution in [0.1, 0.15) is 65.2 Å². The maximum Gasteiger partial charge on any atom is 0.303 e. The zero-order chi connectivity index (χ0) is 26.0. The standard InChI is InChI=1S/C25H28FN3O6S/c1-14-6-7-16(11-19(14)26)23-22(24(32)27-2)18-12-17(15-8-9-15)20(28-25(18)35-23)13-29(36(33)34)10-4-3-5-21(30)31/h6-7,11-12,15H,3-5,8-10,13H2,1-2H3,(H,27,32)(H,30,31)(H,33,34). The Morgan fingerprint density at radius 3 is 2.64 bits per heavy atom. The lowest BCUT2D eigenvalue weighted by atomic mass is 10.0. The number of unbranched alkanes of at least 4 members (excludes halogenated alkanes) is 1. The molecule has 0 bridgehead atoms. The number of carbonyl (C=O) groups is 2. The van der Waals surface area contributed by atoms with Gasteiger partial charge in [-0.2, -0.15) is 4.31 Å². The lowest BCUT2D eigenvalue weighted by molar-refractivity contribution is -0.137. The molecule has 9 nitrogen and oxygen atoms in total. The minimum absolute atomic E-state index is 0.0134. The maximum absolute atomic E-state index is 14.3. The summed E-state index contributed by atoms with van der Waals surface area (Å²) in [6.07, 6.45) is 2.67. The summed E-state index contributed by atoms with van der Waals surface area (Å²) < 4.78 is 43.5. The number of hydrogen-bond donors (Lipinski definition) is 3. The smallest absolute Gasteiger partial charge is 0.303 e. The fourth-order valence-electron chi connectivity index (χ4n) is 4.18. The van der Waals surface area contributed by atoms with Crippen LogP contribution in [0.15, 0.2) is 28.7 Å². The number of carbonyl (C=O) groups excluding carboxylic acids is 1. The van der Waals surface area contributed by atoms with Crippen LogP contribution in [0.5, 0.6) is 0 Å². The molecule has 0 saturated heterocycles. The molecule has 1 aromatic carbocycles. The number of carboxylic acids is 1. The zero-order valence-electron chi connectivity index (χ0n) is 20.0. The van der Waals surface area contributed by atoms with E-state index in [2.05, 4.69) is 10.3 Å². The van der Waals surface area contributed by atoms with Crippen molar-refractivity contribution < 1.29 is 32.3 Å². The van der Waals surface area contributed by atoms with Crippen LogP contribution in [0.2, 0.25) is 0 Å². The first-order valence-corrected chi connectivity index (χ1v) is 12.8. The molecular weight excluding hydrogens is 489 g/mol. The van der Waals surface area contributed by atoms with E-state index < -0.39 is 29.0 Å². The van der Waals surface area contributed by atoms with E-state index in [1.165, 1.54) is 17.4 Å². The molecular formula is C25H28FN3O6S. The van der Waals surface area contributed by atoms with Crippen molar-refractivity contribution in [2.24, 2.45) is 0 Å². The van der Waals surface area contributed by atoms with Crippen LogP contribution in [0.4, 0.5) is 4.39 Å². The van der Waals surface area contributed by atoms with E-state index in [1.54, 1.807) is 19.1 Å². The van der Waals surface area contributed by atoms with E-state index >= 15 is 0 Å². The molecule has 1 amide bonds. The largest absolute Gasteiger partial charge is 0.481 e. The van der Waals surface area contributed by atoms with Crippen molar-refractivity contribution in [3.05, 3.63) is 52.5 Å². The topological polar surface area (TPSA) is 133 Å². The van der Waals surface area contributed by atoms with Crippen molar-refractivity contribution in [1.82, 2.24) is 14.6 Å². The number of carboxylic acid groups (broad SMARTS) is 1. The summed E-state index contributed by atoms with van der Waals surface area (Å²) in [4.78, 5) is 28.3. The summed E-state index contributed by atoms with van der Waals surface area (Å²) >= 11 is -2.29. The molecule has 2 heterocycles. The van der Waals surface area contributed by atoms with Crippen LogP contribution in [0.25, 0.3) is 22.4 Å². The van der Waals surface area contributed by atoms with E-state index in [0.29, 0.717) is 35.0 Å². The molecule has 1 unspecified atom stereocenters. The summed E-state index contributed by atoms with van der Waals surface area (Å²) in [5.41, 5.74) is 2.74. The van der Waals surface area contributed by atoms with Crippen LogP contribution in [-0.2, 0) is 22.6 Å². The average molecular weight is 518 g/mol. The molecule has 1 aliphatic rings. The van der Waals surface area contributed by atoms with Gasteiger partial charge in [-0.1, -0.05) is 12.1 Å². The number of nitrogens with zero attached hydrogens (tertiary/aromatic N) is 2. The Kier molecular flexibility index (Phi) is 7.82. The Hall–Kier alpha value is -3.15. The molecule has 0 spiro atoms. The Morgan fingerprint density at radius 1 is 1.28 bits per heavy atom. The number of aliphatic carboxylic acids is 1. The monoisotopic (exact) mass is 517 g/mol. The number of nitrogens with one attached hydrogen (secondary N) is 1. The zero-order valence-corrected chi connectivity index (χ0v) is 20.9. The van der Waals surface area contributed by atoms with Crippen LogP contribution >= 0.6 is 0 Å². The Morgan fingerprint density at radius 2 is 2.03 bits per heavy atom. The van der Waals surface area contributed by atoms with Gasteiger partial charge < -0.3 is 14.8 Å². The number of furan rings is 1. The summed E-state index contributed by atoms with van der Waals surface area (Å²) in [7, 11) is 1.50. The number of fused-ring (bicyclic) bond motifs is 1. The van der Waals surface area contributed by atoms with Crippen molar-refractivity contribution in [3.8, 4) is 11.3 Å². The molecule has 36 heavy (non-hydrogen) atoms. The van der Waals surface area contributed by atoms with Crippen molar-refractivity contribution in [3.63, 3.8) is 0 Å². The van der Waals surface area contributed by atoms with Crippen LogP contribution in [0.3, 0.4) is 0 Å². The van der Waals surface area contributed by atoms with Gasteiger partial charge in [0.1, 0.15) is 11.6 Å². The molecule has 1 fully saturated rings. The SMILES string of the molecule is CNC(=O)c1c(-c2ccc(C)c(F)c2)oc2nc(CN(CCCCC(=O)O)S(=O)O)c(C3CC3)cc12. The third kappa shape index (κ3) is 5.63. The fraction of sp³-hybridized carbons (Fsp3) is 0.400. The molecule has 1 aliphatic carbocycles. The molecule has 11 heteroatoms. The number of pyridine rings is 1. The predicted molar refractivity (Wildman–Crippen MR) is 132 cm³/mol. The van der Waals surface area contributed by atoms with Crippen LogP contribution in [0, 0.1) is 12.7 Å². The second-order valence-corrected chi connectivity index (χ2v) is 9.92. The first kappa shape index (κ1) is 25.9. The third-order valence-corrected chi connectivity index (χ3v) is 7.05. The Bertz CT molecular complexity index is 1340. The van der Waals surface area contributed by atoms with Gasteiger partial charge in [0.25, 0.3) is 5.91 Å². The van der Waals surface area contributed by atoms with Gasteiger partial charge in [0.05, 0.1) is 23.2 Å². The molecule has 2 aromatic heterocycles. The first-order valence-electron chi connectivity index (χ1n) is 11.7. The number of benzene rings is 1. The average Bonchev–Trinajstić information content (AvgIpc) is 3.61. The lowest BCUT2D eigenvalue weighted by Gasteiger charge is -2.18. The van der Waals surface area contributed by atoms with Gasteiger partial charge in [0.15, 0.2) is 0 Å². The first-order chi connectivity index (χ1) is 17.2. The predicted octanol–water partition coefficient (Wildman–Crippen LogP) is 4.37. The minimum Gasteiger partial charge on any atom is -0.481 e. The molecule has 3 N–H and O–H groups in total. The highest BCUT2D eigenvalue weighted by atomic mass is 32.2. The highest BCUT2D eigenvalue weighted by molar-refractivity contribution is 7.76. The van der Waals surface area contributed by atoms with Gasteiger partial charge in [-0.15, -0.1) is 0 Å². The van der Waals surface area contributed by atoms with Crippen LogP contribution in [-0.4, -0.2) is 48.6 Å². The number of aryl methyl sites for hydroxylation is 1. The fourth-order valence-corrected chi connectivity index (χ4v) is 4.70. The van der Waals surface area contributed by atoms with Gasteiger partial charge >= 0.3 is 5.97 Å². The Labute approximate surface area is 210 Å². The molecule has 192 valence electrons. The van der Waals surface area contributed by atoms with E-state index in [1.807, 2.05) is 6.07 Å². The molecule has 0 aliphatic heterocycles. The number of rotatable bonds is 11. The van der Waals surface area contributed by atoms with E-state index in [-0.39, 0.29) is 42.5 Å².